The number of carbonyl (C=O) groups is 1. The number of aromatic nitrogens is 4. The van der Waals surface area contributed by atoms with E-state index >= 15 is 0 Å². The highest BCUT2D eigenvalue weighted by molar-refractivity contribution is 9.10. The minimum atomic E-state index is -0.536. The summed E-state index contributed by atoms with van der Waals surface area (Å²) in [5, 5.41) is 11.5. The second-order valence-electron chi connectivity index (χ2n) is 5.84. The first-order chi connectivity index (χ1) is 12.3. The third kappa shape index (κ3) is 3.96. The van der Waals surface area contributed by atoms with Gasteiger partial charge in [-0.15, -0.1) is 0 Å². The molecule has 9 heteroatoms. The number of benzene rings is 1. The van der Waals surface area contributed by atoms with E-state index in [0.29, 0.717) is 11.6 Å². The Hall–Kier alpha value is -2.19. The predicted octanol–water partition coefficient (Wildman–Crippen LogP) is 4.19. The summed E-state index contributed by atoms with van der Waals surface area (Å²) in [4.78, 5) is 12.5. The number of nitrogens with zero attached hydrogens (tertiary/aromatic N) is 4. The Morgan fingerprint density at radius 1 is 1.46 bits per heavy atom. The van der Waals surface area contributed by atoms with Crippen molar-refractivity contribution in [2.45, 2.75) is 26.4 Å². The number of halogens is 3. The summed E-state index contributed by atoms with van der Waals surface area (Å²) < 4.78 is 17.3. The summed E-state index contributed by atoms with van der Waals surface area (Å²) >= 11 is 9.54. The van der Waals surface area contributed by atoms with E-state index in [9.17, 15) is 9.18 Å². The number of carbonyl (C=O) groups excluding carboxylic acids is 1. The van der Waals surface area contributed by atoms with Crippen LogP contribution in [0.15, 0.2) is 41.1 Å². The summed E-state index contributed by atoms with van der Waals surface area (Å²) in [5.41, 5.74) is 1.59. The van der Waals surface area contributed by atoms with Crippen LogP contribution in [0.25, 0.3) is 0 Å². The molecule has 3 rings (SSSR count). The maximum atomic E-state index is 13.3. The van der Waals surface area contributed by atoms with Crippen LogP contribution >= 0.6 is 27.5 Å². The van der Waals surface area contributed by atoms with Gasteiger partial charge in [-0.3, -0.25) is 14.2 Å². The lowest BCUT2D eigenvalue weighted by Crippen LogP contribution is -2.25. The van der Waals surface area contributed by atoms with Gasteiger partial charge in [-0.1, -0.05) is 23.7 Å². The average molecular weight is 441 g/mol. The standard InChI is InChI=1S/C17H16BrClFN5O/c1-10-14(18)7-21-25(10)11(2)17(26)22-16-15(19)9-24(23-16)8-12-4-3-5-13(20)6-12/h3-7,9,11H,8H2,1-2H3,(H,22,23,26). The van der Waals surface area contributed by atoms with Crippen LogP contribution in [-0.4, -0.2) is 25.5 Å². The van der Waals surface area contributed by atoms with Crippen LogP contribution in [0.3, 0.4) is 0 Å². The highest BCUT2D eigenvalue weighted by Crippen LogP contribution is 2.23. The second kappa shape index (κ2) is 7.59. The third-order valence-electron chi connectivity index (χ3n) is 3.92. The van der Waals surface area contributed by atoms with Crippen LogP contribution < -0.4 is 5.32 Å². The van der Waals surface area contributed by atoms with Crippen molar-refractivity contribution in [3.05, 3.63) is 63.2 Å². The number of anilines is 1. The number of nitrogens with one attached hydrogen (secondary N) is 1. The molecule has 0 aliphatic carbocycles. The number of amides is 1. The van der Waals surface area contributed by atoms with Crippen LogP contribution in [-0.2, 0) is 11.3 Å². The van der Waals surface area contributed by atoms with Gasteiger partial charge < -0.3 is 5.32 Å². The molecule has 0 aliphatic heterocycles. The van der Waals surface area contributed by atoms with Crippen molar-refractivity contribution in [3.8, 4) is 0 Å². The van der Waals surface area contributed by atoms with Gasteiger partial charge in [0.05, 0.1) is 22.9 Å². The Morgan fingerprint density at radius 2 is 2.23 bits per heavy atom. The smallest absolute Gasteiger partial charge is 0.250 e. The number of hydrogen-bond donors (Lipinski definition) is 1. The Kier molecular flexibility index (Phi) is 5.43. The lowest BCUT2D eigenvalue weighted by Gasteiger charge is -2.13. The fraction of sp³-hybridized carbons (Fsp3) is 0.235. The van der Waals surface area contributed by atoms with E-state index in [2.05, 4.69) is 31.4 Å². The van der Waals surface area contributed by atoms with Crippen molar-refractivity contribution in [2.24, 2.45) is 0 Å². The molecule has 1 N–H and O–H groups in total. The zero-order chi connectivity index (χ0) is 18.8. The van der Waals surface area contributed by atoms with Gasteiger partial charge in [-0.25, -0.2) is 4.39 Å². The molecule has 0 spiro atoms. The molecule has 0 aliphatic rings. The lowest BCUT2D eigenvalue weighted by atomic mass is 10.2. The molecule has 0 radical (unpaired) electrons. The molecule has 2 aromatic heterocycles. The van der Waals surface area contributed by atoms with E-state index in [-0.39, 0.29) is 17.5 Å². The highest BCUT2D eigenvalue weighted by atomic mass is 79.9. The van der Waals surface area contributed by atoms with E-state index in [1.807, 2.05) is 6.92 Å². The zero-order valence-corrected chi connectivity index (χ0v) is 16.4. The molecule has 136 valence electrons. The maximum Gasteiger partial charge on any atom is 0.250 e. The molecule has 26 heavy (non-hydrogen) atoms. The van der Waals surface area contributed by atoms with Gasteiger partial charge in [0.25, 0.3) is 0 Å². The second-order valence-corrected chi connectivity index (χ2v) is 7.10. The molecule has 0 bridgehead atoms. The van der Waals surface area contributed by atoms with Gasteiger partial charge in [0.1, 0.15) is 16.9 Å². The fourth-order valence-corrected chi connectivity index (χ4v) is 2.98. The van der Waals surface area contributed by atoms with Crippen LogP contribution in [0.5, 0.6) is 0 Å². The minimum absolute atomic E-state index is 0.254. The van der Waals surface area contributed by atoms with Gasteiger partial charge in [0.15, 0.2) is 5.82 Å². The van der Waals surface area contributed by atoms with Crippen molar-refractivity contribution in [1.29, 1.82) is 0 Å². The van der Waals surface area contributed by atoms with Crippen molar-refractivity contribution < 1.29 is 9.18 Å². The lowest BCUT2D eigenvalue weighted by molar-refractivity contribution is -0.119. The summed E-state index contributed by atoms with van der Waals surface area (Å²) in [6, 6.07) is 5.68. The molecule has 6 nitrogen and oxygen atoms in total. The Bertz CT molecular complexity index is 955. The quantitative estimate of drug-likeness (QED) is 0.647. The van der Waals surface area contributed by atoms with E-state index < -0.39 is 6.04 Å². The van der Waals surface area contributed by atoms with Crippen LogP contribution in [0.2, 0.25) is 5.02 Å². The molecule has 2 heterocycles. The van der Waals surface area contributed by atoms with E-state index in [4.69, 9.17) is 11.6 Å². The number of hydrogen-bond acceptors (Lipinski definition) is 3. The molecule has 0 fully saturated rings. The molecular weight excluding hydrogens is 425 g/mol. The molecule has 1 aromatic carbocycles. The van der Waals surface area contributed by atoms with Gasteiger partial charge in [-0.05, 0) is 47.5 Å². The topological polar surface area (TPSA) is 64.7 Å². The molecule has 0 saturated carbocycles. The van der Waals surface area contributed by atoms with Crippen molar-refractivity contribution in [1.82, 2.24) is 19.6 Å². The Morgan fingerprint density at radius 3 is 2.88 bits per heavy atom. The number of rotatable bonds is 5. The summed E-state index contributed by atoms with van der Waals surface area (Å²) in [5.74, 6) is -0.353. The van der Waals surface area contributed by atoms with Crippen molar-refractivity contribution in [2.75, 3.05) is 5.32 Å². The average Bonchev–Trinajstić information content (AvgIpc) is 3.09. The monoisotopic (exact) mass is 439 g/mol. The molecule has 1 amide bonds. The van der Waals surface area contributed by atoms with Gasteiger partial charge in [-0.2, -0.15) is 10.2 Å². The van der Waals surface area contributed by atoms with Gasteiger partial charge >= 0.3 is 0 Å². The molecule has 3 aromatic rings. The fourth-order valence-electron chi connectivity index (χ4n) is 2.51. The predicted molar refractivity (Wildman–Crippen MR) is 101 cm³/mol. The summed E-state index contributed by atoms with van der Waals surface area (Å²) in [6.45, 7) is 3.94. The van der Waals surface area contributed by atoms with Crippen LogP contribution in [0.1, 0.15) is 24.2 Å². The van der Waals surface area contributed by atoms with E-state index in [1.165, 1.54) is 12.1 Å². The normalized spacial score (nSPS) is 12.2. The Labute approximate surface area is 163 Å². The van der Waals surface area contributed by atoms with Crippen LogP contribution in [0.4, 0.5) is 10.2 Å². The Balaban J connectivity index is 1.73. The van der Waals surface area contributed by atoms with Gasteiger partial charge in [0.2, 0.25) is 5.91 Å². The van der Waals surface area contributed by atoms with Crippen LogP contribution in [0, 0.1) is 12.7 Å². The highest BCUT2D eigenvalue weighted by Gasteiger charge is 2.21. The third-order valence-corrected chi connectivity index (χ3v) is 4.98. The first-order valence-corrected chi connectivity index (χ1v) is 9.00. The van der Waals surface area contributed by atoms with Gasteiger partial charge in [0, 0.05) is 6.20 Å². The van der Waals surface area contributed by atoms with Crippen molar-refractivity contribution >= 4 is 39.3 Å². The zero-order valence-electron chi connectivity index (χ0n) is 14.1. The van der Waals surface area contributed by atoms with Crippen molar-refractivity contribution in [3.63, 3.8) is 0 Å². The van der Waals surface area contributed by atoms with E-state index in [1.54, 1.807) is 40.8 Å². The SMILES string of the molecule is Cc1c(Br)cnn1C(C)C(=O)Nc1nn(Cc2cccc(F)c2)cc1Cl. The first kappa shape index (κ1) is 18.6. The molecule has 0 saturated heterocycles. The summed E-state index contributed by atoms with van der Waals surface area (Å²) in [7, 11) is 0. The minimum Gasteiger partial charge on any atom is -0.306 e. The molecular formula is C17H16BrClFN5O. The maximum absolute atomic E-state index is 13.3. The first-order valence-electron chi connectivity index (χ1n) is 7.83. The summed E-state index contributed by atoms with van der Waals surface area (Å²) in [6.07, 6.45) is 3.22. The molecule has 1 atom stereocenters. The largest absolute Gasteiger partial charge is 0.306 e. The molecule has 1 unspecified atom stereocenters. The van der Waals surface area contributed by atoms with E-state index in [0.717, 1.165) is 15.7 Å².